The van der Waals surface area contributed by atoms with E-state index in [9.17, 15) is 0 Å². The summed E-state index contributed by atoms with van der Waals surface area (Å²) in [5.74, 6) is 1.83. The molecule has 0 spiro atoms. The lowest BCUT2D eigenvalue weighted by Crippen LogP contribution is -2.26. The summed E-state index contributed by atoms with van der Waals surface area (Å²) in [7, 11) is 1.79. The fourth-order valence-electron chi connectivity index (χ4n) is 3.25. The van der Waals surface area contributed by atoms with Crippen molar-refractivity contribution in [3.8, 4) is 0 Å². The maximum absolute atomic E-state index is 5.32. The number of methoxy groups -OCH3 is 1. The fourth-order valence-corrected chi connectivity index (χ4v) is 3.25. The quantitative estimate of drug-likeness (QED) is 0.873. The molecule has 1 saturated heterocycles. The van der Waals surface area contributed by atoms with Crippen LogP contribution < -0.4 is 10.2 Å². The Morgan fingerprint density at radius 3 is 2.86 bits per heavy atom. The monoisotopic (exact) mass is 289 g/mol. The Bertz CT molecular complexity index is 499. The Labute approximate surface area is 127 Å². The number of anilines is 1. The second-order valence-electron chi connectivity index (χ2n) is 6.59. The zero-order valence-corrected chi connectivity index (χ0v) is 13.5. The van der Waals surface area contributed by atoms with Gasteiger partial charge in [-0.25, -0.2) is 4.98 Å². The second kappa shape index (κ2) is 6.32. The normalized spacial score (nSPS) is 22.0. The average molecular weight is 289 g/mol. The van der Waals surface area contributed by atoms with E-state index in [1.807, 2.05) is 0 Å². The van der Waals surface area contributed by atoms with Crippen LogP contribution in [0.5, 0.6) is 0 Å². The lowest BCUT2D eigenvalue weighted by molar-refractivity contribution is 0.161. The van der Waals surface area contributed by atoms with Crippen LogP contribution >= 0.6 is 0 Å². The van der Waals surface area contributed by atoms with E-state index >= 15 is 0 Å². The number of rotatable bonds is 6. The topological polar surface area (TPSA) is 37.4 Å². The van der Waals surface area contributed by atoms with Gasteiger partial charge >= 0.3 is 0 Å². The Morgan fingerprint density at radius 1 is 1.33 bits per heavy atom. The summed E-state index contributed by atoms with van der Waals surface area (Å²) < 4.78 is 5.32. The molecule has 116 valence electrons. The predicted octanol–water partition coefficient (Wildman–Crippen LogP) is 2.42. The molecule has 0 aromatic carbocycles. The molecule has 1 saturated carbocycles. The molecular weight excluding hydrogens is 262 g/mol. The molecule has 2 aliphatic rings. The lowest BCUT2D eigenvalue weighted by Gasteiger charge is -2.23. The van der Waals surface area contributed by atoms with Crippen LogP contribution in [0.3, 0.4) is 0 Å². The second-order valence-corrected chi connectivity index (χ2v) is 6.59. The third kappa shape index (κ3) is 3.55. The van der Waals surface area contributed by atoms with Crippen LogP contribution in [0.15, 0.2) is 6.07 Å². The van der Waals surface area contributed by atoms with E-state index in [4.69, 9.17) is 9.72 Å². The Hall–Kier alpha value is -1.13. The number of aromatic nitrogens is 1. The molecule has 0 bridgehead atoms. The molecule has 1 aromatic rings. The van der Waals surface area contributed by atoms with Crippen molar-refractivity contribution < 1.29 is 4.74 Å². The zero-order chi connectivity index (χ0) is 14.8. The van der Waals surface area contributed by atoms with E-state index in [2.05, 4.69) is 30.1 Å². The highest BCUT2D eigenvalue weighted by Crippen LogP contribution is 2.29. The number of hydrogen-bond donors (Lipinski definition) is 1. The molecule has 1 N–H and O–H groups in total. The van der Waals surface area contributed by atoms with Gasteiger partial charge in [0, 0.05) is 50.0 Å². The zero-order valence-electron chi connectivity index (χ0n) is 13.5. The molecule has 0 amide bonds. The van der Waals surface area contributed by atoms with Crippen LogP contribution in [-0.2, 0) is 11.3 Å². The average Bonchev–Trinajstić information content (AvgIpc) is 3.15. The Kier molecular flexibility index (Phi) is 4.45. The SMILES string of the molecule is COCC1CCN(c2nc(C)cc(C)c2CNC2CC2)C1. The largest absolute Gasteiger partial charge is 0.384 e. The highest BCUT2D eigenvalue weighted by Gasteiger charge is 2.27. The van der Waals surface area contributed by atoms with Crippen LogP contribution in [0.25, 0.3) is 0 Å². The number of aryl methyl sites for hydroxylation is 2. The van der Waals surface area contributed by atoms with Crippen LogP contribution in [0.1, 0.15) is 36.1 Å². The molecule has 0 radical (unpaired) electrons. The van der Waals surface area contributed by atoms with Gasteiger partial charge in [-0.1, -0.05) is 0 Å². The summed E-state index contributed by atoms with van der Waals surface area (Å²) in [6.45, 7) is 8.28. The standard InChI is InChI=1S/C17H27N3O/c1-12-8-13(2)19-17(16(12)9-18-15-4-5-15)20-7-6-14(10-20)11-21-3/h8,14-15,18H,4-7,9-11H2,1-3H3. The first-order valence-corrected chi connectivity index (χ1v) is 8.11. The first kappa shape index (κ1) is 14.8. The van der Waals surface area contributed by atoms with Crippen LogP contribution in [0, 0.1) is 19.8 Å². The molecule has 2 fully saturated rings. The van der Waals surface area contributed by atoms with Gasteiger partial charge in [0.05, 0.1) is 6.61 Å². The van der Waals surface area contributed by atoms with Crippen molar-refractivity contribution in [2.24, 2.45) is 5.92 Å². The maximum Gasteiger partial charge on any atom is 0.133 e. The third-order valence-corrected chi connectivity index (χ3v) is 4.59. The third-order valence-electron chi connectivity index (χ3n) is 4.59. The molecular formula is C17H27N3O. The fraction of sp³-hybridized carbons (Fsp3) is 0.706. The van der Waals surface area contributed by atoms with Crippen molar-refractivity contribution in [1.82, 2.24) is 10.3 Å². The maximum atomic E-state index is 5.32. The summed E-state index contributed by atoms with van der Waals surface area (Å²) in [6, 6.07) is 2.94. The Morgan fingerprint density at radius 2 is 2.14 bits per heavy atom. The van der Waals surface area contributed by atoms with Crippen molar-refractivity contribution in [2.75, 3.05) is 31.7 Å². The molecule has 21 heavy (non-hydrogen) atoms. The van der Waals surface area contributed by atoms with Gasteiger partial charge in [0.25, 0.3) is 0 Å². The highest BCUT2D eigenvalue weighted by molar-refractivity contribution is 5.52. The van der Waals surface area contributed by atoms with Gasteiger partial charge in [-0.3, -0.25) is 0 Å². The molecule has 2 heterocycles. The van der Waals surface area contributed by atoms with Crippen molar-refractivity contribution in [1.29, 1.82) is 0 Å². The smallest absolute Gasteiger partial charge is 0.133 e. The van der Waals surface area contributed by atoms with E-state index in [1.54, 1.807) is 7.11 Å². The van der Waals surface area contributed by atoms with Gasteiger partial charge in [-0.15, -0.1) is 0 Å². The molecule has 4 heteroatoms. The van der Waals surface area contributed by atoms with Crippen molar-refractivity contribution in [3.05, 3.63) is 22.9 Å². The van der Waals surface area contributed by atoms with Gasteiger partial charge in [0.15, 0.2) is 0 Å². The minimum absolute atomic E-state index is 0.641. The van der Waals surface area contributed by atoms with E-state index in [-0.39, 0.29) is 0 Å². The summed E-state index contributed by atoms with van der Waals surface area (Å²) in [5.41, 5.74) is 3.86. The van der Waals surface area contributed by atoms with Gasteiger partial charge < -0.3 is 15.0 Å². The minimum Gasteiger partial charge on any atom is -0.384 e. The van der Waals surface area contributed by atoms with Gasteiger partial charge in [0.1, 0.15) is 5.82 Å². The lowest BCUT2D eigenvalue weighted by atomic mass is 10.1. The molecule has 3 rings (SSSR count). The number of nitrogens with zero attached hydrogens (tertiary/aromatic N) is 2. The van der Waals surface area contributed by atoms with Crippen molar-refractivity contribution >= 4 is 5.82 Å². The summed E-state index contributed by atoms with van der Waals surface area (Å²) in [6.07, 6.45) is 3.86. The van der Waals surface area contributed by atoms with E-state index in [0.29, 0.717) is 5.92 Å². The van der Waals surface area contributed by atoms with E-state index in [0.717, 1.165) is 38.0 Å². The first-order valence-electron chi connectivity index (χ1n) is 8.11. The number of pyridine rings is 1. The van der Waals surface area contributed by atoms with Crippen molar-refractivity contribution in [3.63, 3.8) is 0 Å². The molecule has 4 nitrogen and oxygen atoms in total. The van der Waals surface area contributed by atoms with Gasteiger partial charge in [0.2, 0.25) is 0 Å². The van der Waals surface area contributed by atoms with Crippen LogP contribution in [0.2, 0.25) is 0 Å². The minimum atomic E-state index is 0.641. The molecule has 1 atom stereocenters. The summed E-state index contributed by atoms with van der Waals surface area (Å²) in [4.78, 5) is 7.31. The first-order chi connectivity index (χ1) is 10.2. The molecule has 1 aliphatic heterocycles. The number of hydrogen-bond acceptors (Lipinski definition) is 4. The predicted molar refractivity (Wildman–Crippen MR) is 85.8 cm³/mol. The summed E-state index contributed by atoms with van der Waals surface area (Å²) in [5, 5.41) is 3.64. The van der Waals surface area contributed by atoms with Crippen LogP contribution in [-0.4, -0.2) is 37.8 Å². The molecule has 1 aliphatic carbocycles. The number of nitrogens with one attached hydrogen (secondary N) is 1. The highest BCUT2D eigenvalue weighted by atomic mass is 16.5. The van der Waals surface area contributed by atoms with E-state index < -0.39 is 0 Å². The molecule has 1 unspecified atom stereocenters. The molecule has 1 aromatic heterocycles. The van der Waals surface area contributed by atoms with Gasteiger partial charge in [-0.05, 0) is 44.7 Å². The Balaban J connectivity index is 1.78. The summed E-state index contributed by atoms with van der Waals surface area (Å²) >= 11 is 0. The number of ether oxygens (including phenoxy) is 1. The van der Waals surface area contributed by atoms with Crippen LogP contribution in [0.4, 0.5) is 5.82 Å². The van der Waals surface area contributed by atoms with E-state index in [1.165, 1.54) is 36.2 Å². The van der Waals surface area contributed by atoms with Crippen molar-refractivity contribution in [2.45, 2.75) is 45.7 Å². The van der Waals surface area contributed by atoms with Gasteiger partial charge in [-0.2, -0.15) is 0 Å².